The summed E-state index contributed by atoms with van der Waals surface area (Å²) < 4.78 is 0. The van der Waals surface area contributed by atoms with Crippen molar-refractivity contribution in [1.82, 2.24) is 20.4 Å². The number of carbonyl (C=O) groups is 1. The molecular formula is C23H36IN5O. The molecule has 0 radical (unpaired) electrons. The van der Waals surface area contributed by atoms with Gasteiger partial charge in [0.05, 0.1) is 0 Å². The number of fused-ring (bicyclic) bond motifs is 2. The first-order valence-corrected chi connectivity index (χ1v) is 11.2. The summed E-state index contributed by atoms with van der Waals surface area (Å²) in [6, 6.07) is 8.69. The van der Waals surface area contributed by atoms with E-state index in [1.807, 2.05) is 25.2 Å². The second-order valence-electron chi connectivity index (χ2n) is 8.77. The molecule has 1 aromatic carbocycles. The topological polar surface area (TPSA) is 60.0 Å². The highest BCUT2D eigenvalue weighted by Crippen LogP contribution is 2.46. The summed E-state index contributed by atoms with van der Waals surface area (Å²) in [7, 11) is 3.54. The zero-order valence-corrected chi connectivity index (χ0v) is 20.6. The van der Waals surface area contributed by atoms with Gasteiger partial charge in [0.2, 0.25) is 0 Å². The zero-order chi connectivity index (χ0) is 20.2. The van der Waals surface area contributed by atoms with E-state index in [0.29, 0.717) is 5.56 Å². The average Bonchev–Trinajstić information content (AvgIpc) is 3.40. The molecule has 1 amide bonds. The van der Waals surface area contributed by atoms with E-state index < -0.39 is 0 Å². The van der Waals surface area contributed by atoms with Crippen LogP contribution in [-0.4, -0.2) is 74.5 Å². The molecule has 7 heteroatoms. The van der Waals surface area contributed by atoms with Gasteiger partial charge >= 0.3 is 0 Å². The van der Waals surface area contributed by atoms with Gasteiger partial charge in [0, 0.05) is 58.4 Å². The van der Waals surface area contributed by atoms with E-state index in [4.69, 9.17) is 0 Å². The fourth-order valence-electron chi connectivity index (χ4n) is 5.59. The highest BCUT2D eigenvalue weighted by Gasteiger charge is 2.42. The number of benzene rings is 1. The standard InChI is InChI=1S/C23H35N5O.HI/c1-24-22(29)20-5-3-4-17(14-20)8-9-26-23(25-2)28-12-10-27(11-13-28)21-16-18-6-7-19(21)15-18;/h3-5,14,18-19,21H,6-13,15-16H2,1-2H3,(H,24,29)(H,25,26);1H. The molecule has 2 aliphatic carbocycles. The SMILES string of the molecule is CN=C(NCCc1cccc(C(=O)NC)c1)N1CCN(C2CC3CCC2C3)CC1.I. The minimum atomic E-state index is -0.0380. The molecule has 0 aromatic heterocycles. The molecule has 2 N–H and O–H groups in total. The van der Waals surface area contributed by atoms with Crippen molar-refractivity contribution in [2.24, 2.45) is 16.8 Å². The van der Waals surface area contributed by atoms with Gasteiger partial charge in [0.15, 0.2) is 5.96 Å². The van der Waals surface area contributed by atoms with E-state index in [9.17, 15) is 4.79 Å². The number of aliphatic imine (C=N–C) groups is 1. The first-order chi connectivity index (χ1) is 14.2. The quantitative estimate of drug-likeness (QED) is 0.353. The molecule has 3 unspecified atom stereocenters. The number of nitrogens with zero attached hydrogens (tertiary/aromatic N) is 3. The van der Waals surface area contributed by atoms with Gasteiger partial charge in [-0.1, -0.05) is 18.6 Å². The lowest BCUT2D eigenvalue weighted by molar-refractivity contribution is 0.0959. The second kappa shape index (κ2) is 10.8. The monoisotopic (exact) mass is 525 g/mol. The molecule has 0 spiro atoms. The van der Waals surface area contributed by atoms with E-state index >= 15 is 0 Å². The average molecular weight is 525 g/mol. The number of amides is 1. The predicted octanol–water partition coefficient (Wildman–Crippen LogP) is 2.59. The van der Waals surface area contributed by atoms with Crippen molar-refractivity contribution >= 4 is 35.8 Å². The van der Waals surface area contributed by atoms with Crippen molar-refractivity contribution in [2.75, 3.05) is 46.8 Å². The van der Waals surface area contributed by atoms with Crippen LogP contribution in [0.1, 0.15) is 41.6 Å². The van der Waals surface area contributed by atoms with Crippen molar-refractivity contribution < 1.29 is 4.79 Å². The Hall–Kier alpha value is -1.35. The van der Waals surface area contributed by atoms with E-state index in [0.717, 1.165) is 68.5 Å². The largest absolute Gasteiger partial charge is 0.356 e. The van der Waals surface area contributed by atoms with Crippen LogP contribution in [-0.2, 0) is 6.42 Å². The highest BCUT2D eigenvalue weighted by atomic mass is 127. The van der Waals surface area contributed by atoms with Gasteiger partial charge in [-0.15, -0.1) is 24.0 Å². The van der Waals surface area contributed by atoms with Gasteiger partial charge in [-0.25, -0.2) is 0 Å². The maximum absolute atomic E-state index is 11.8. The number of nitrogens with one attached hydrogen (secondary N) is 2. The van der Waals surface area contributed by atoms with Crippen LogP contribution >= 0.6 is 24.0 Å². The molecule has 2 saturated carbocycles. The van der Waals surface area contributed by atoms with Crippen molar-refractivity contribution in [3.05, 3.63) is 35.4 Å². The summed E-state index contributed by atoms with van der Waals surface area (Å²) in [4.78, 5) is 21.5. The Morgan fingerprint density at radius 3 is 2.60 bits per heavy atom. The minimum Gasteiger partial charge on any atom is -0.356 e. The Labute approximate surface area is 197 Å². The van der Waals surface area contributed by atoms with Crippen LogP contribution in [0, 0.1) is 11.8 Å². The van der Waals surface area contributed by atoms with E-state index in [1.54, 1.807) is 7.05 Å². The maximum atomic E-state index is 11.8. The van der Waals surface area contributed by atoms with Gasteiger partial charge in [0.25, 0.3) is 5.91 Å². The van der Waals surface area contributed by atoms with Gasteiger partial charge < -0.3 is 15.5 Å². The predicted molar refractivity (Wildman–Crippen MR) is 133 cm³/mol. The molecule has 3 fully saturated rings. The third kappa shape index (κ3) is 5.28. The van der Waals surface area contributed by atoms with Crippen LogP contribution in [0.15, 0.2) is 29.3 Å². The molecule has 1 heterocycles. The number of hydrogen-bond donors (Lipinski definition) is 2. The molecule has 3 aliphatic rings. The van der Waals surface area contributed by atoms with Crippen LogP contribution in [0.4, 0.5) is 0 Å². The molecule has 6 nitrogen and oxygen atoms in total. The lowest BCUT2D eigenvalue weighted by Gasteiger charge is -2.42. The normalized spacial score (nSPS) is 26.4. The first-order valence-electron chi connectivity index (χ1n) is 11.2. The van der Waals surface area contributed by atoms with Crippen molar-refractivity contribution in [3.63, 3.8) is 0 Å². The lowest BCUT2D eigenvalue weighted by Crippen LogP contribution is -2.55. The molecule has 2 bridgehead atoms. The Morgan fingerprint density at radius 1 is 1.17 bits per heavy atom. The van der Waals surface area contributed by atoms with E-state index in [-0.39, 0.29) is 29.9 Å². The summed E-state index contributed by atoms with van der Waals surface area (Å²) in [5.41, 5.74) is 1.88. The Bertz CT molecular complexity index is 747. The van der Waals surface area contributed by atoms with Crippen LogP contribution in [0.2, 0.25) is 0 Å². The molecular weight excluding hydrogens is 489 g/mol. The van der Waals surface area contributed by atoms with Crippen LogP contribution < -0.4 is 10.6 Å². The third-order valence-electron chi connectivity index (χ3n) is 7.11. The summed E-state index contributed by atoms with van der Waals surface area (Å²) in [5.74, 6) is 2.94. The smallest absolute Gasteiger partial charge is 0.251 e. The summed E-state index contributed by atoms with van der Waals surface area (Å²) in [6.07, 6.45) is 6.72. The van der Waals surface area contributed by atoms with Crippen LogP contribution in [0.25, 0.3) is 0 Å². The third-order valence-corrected chi connectivity index (χ3v) is 7.11. The Balaban J connectivity index is 0.00000256. The molecule has 30 heavy (non-hydrogen) atoms. The zero-order valence-electron chi connectivity index (χ0n) is 18.3. The molecule has 4 rings (SSSR count). The number of piperazine rings is 1. The number of guanidine groups is 1. The maximum Gasteiger partial charge on any atom is 0.251 e. The van der Waals surface area contributed by atoms with Crippen LogP contribution in [0.3, 0.4) is 0 Å². The lowest BCUT2D eigenvalue weighted by atomic mass is 9.93. The van der Waals surface area contributed by atoms with Crippen molar-refractivity contribution in [1.29, 1.82) is 0 Å². The highest BCUT2D eigenvalue weighted by molar-refractivity contribution is 14.0. The summed E-state index contributed by atoms with van der Waals surface area (Å²) in [5, 5.41) is 6.20. The van der Waals surface area contributed by atoms with Crippen molar-refractivity contribution in [3.8, 4) is 0 Å². The summed E-state index contributed by atoms with van der Waals surface area (Å²) >= 11 is 0. The van der Waals surface area contributed by atoms with Crippen molar-refractivity contribution in [2.45, 2.75) is 38.1 Å². The molecule has 1 aromatic rings. The number of hydrogen-bond acceptors (Lipinski definition) is 3. The number of carbonyl (C=O) groups excluding carboxylic acids is 1. The molecule has 1 aliphatic heterocycles. The van der Waals surface area contributed by atoms with Gasteiger partial charge in [0.1, 0.15) is 0 Å². The fraction of sp³-hybridized carbons (Fsp3) is 0.652. The molecule has 3 atom stereocenters. The van der Waals surface area contributed by atoms with E-state index in [1.165, 1.54) is 25.7 Å². The Kier molecular flexibility index (Phi) is 8.39. The van der Waals surface area contributed by atoms with Gasteiger partial charge in [-0.2, -0.15) is 0 Å². The van der Waals surface area contributed by atoms with Gasteiger partial charge in [-0.05, 0) is 55.2 Å². The first kappa shape index (κ1) is 23.3. The van der Waals surface area contributed by atoms with Gasteiger partial charge in [-0.3, -0.25) is 14.7 Å². The minimum absolute atomic E-state index is 0. The summed E-state index contributed by atoms with van der Waals surface area (Å²) in [6.45, 7) is 5.24. The molecule has 1 saturated heterocycles. The Morgan fingerprint density at radius 2 is 1.97 bits per heavy atom. The van der Waals surface area contributed by atoms with E-state index in [2.05, 4.69) is 31.5 Å². The van der Waals surface area contributed by atoms with Crippen LogP contribution in [0.5, 0.6) is 0 Å². The molecule has 166 valence electrons. The number of halogens is 1. The number of rotatable bonds is 5. The fourth-order valence-corrected chi connectivity index (χ4v) is 5.59. The second-order valence-corrected chi connectivity index (χ2v) is 8.77.